The van der Waals surface area contributed by atoms with Crippen molar-refractivity contribution in [1.82, 2.24) is 10.2 Å². The molecule has 0 radical (unpaired) electrons. The van der Waals surface area contributed by atoms with E-state index in [1.807, 2.05) is 17.9 Å². The second kappa shape index (κ2) is 9.60. The van der Waals surface area contributed by atoms with Gasteiger partial charge < -0.3 is 16.0 Å². The van der Waals surface area contributed by atoms with E-state index in [9.17, 15) is 14.9 Å². The number of hydrogen-bond acceptors (Lipinski definition) is 4. The van der Waals surface area contributed by atoms with Gasteiger partial charge in [0.25, 0.3) is 5.91 Å². The van der Waals surface area contributed by atoms with Crippen LogP contribution in [-0.2, 0) is 22.4 Å². The highest BCUT2D eigenvalue weighted by molar-refractivity contribution is 5.97. The van der Waals surface area contributed by atoms with E-state index in [1.165, 1.54) is 24.0 Å². The number of benzene rings is 1. The molecular weight excluding hydrogens is 364 g/mol. The molecule has 0 bridgehead atoms. The number of carbonyl (C=O) groups is 2. The Bertz CT molecular complexity index is 832. The lowest BCUT2D eigenvalue weighted by molar-refractivity contribution is -0.123. The van der Waals surface area contributed by atoms with Crippen molar-refractivity contribution in [1.29, 1.82) is 5.26 Å². The average molecular weight is 395 g/mol. The number of primary amides is 1. The number of rotatable bonds is 6. The van der Waals surface area contributed by atoms with Gasteiger partial charge in [-0.3, -0.25) is 9.59 Å². The van der Waals surface area contributed by atoms with Gasteiger partial charge in [0.2, 0.25) is 5.91 Å². The van der Waals surface area contributed by atoms with Crippen LogP contribution in [0, 0.1) is 17.2 Å². The topological polar surface area (TPSA) is 99.2 Å². The molecule has 1 aliphatic heterocycles. The van der Waals surface area contributed by atoms with Gasteiger partial charge in [0, 0.05) is 25.2 Å². The van der Waals surface area contributed by atoms with Crippen LogP contribution < -0.4 is 11.1 Å². The number of nitriles is 1. The van der Waals surface area contributed by atoms with Crippen LogP contribution in [0.3, 0.4) is 0 Å². The molecule has 3 rings (SSSR count). The van der Waals surface area contributed by atoms with Gasteiger partial charge in [0.15, 0.2) is 0 Å². The first kappa shape index (κ1) is 20.9. The first-order valence-corrected chi connectivity index (χ1v) is 10.6. The number of nitrogens with two attached hydrogens (primary N) is 1. The summed E-state index contributed by atoms with van der Waals surface area (Å²) in [5.41, 5.74) is 9.36. The summed E-state index contributed by atoms with van der Waals surface area (Å²) in [5.74, 6) is -0.746. The van der Waals surface area contributed by atoms with Gasteiger partial charge in [-0.15, -0.1) is 0 Å². The first-order valence-electron chi connectivity index (χ1n) is 10.6. The van der Waals surface area contributed by atoms with Crippen LogP contribution in [0.25, 0.3) is 0 Å². The van der Waals surface area contributed by atoms with Gasteiger partial charge in [-0.05, 0) is 61.6 Å². The number of nitrogens with one attached hydrogen (secondary N) is 1. The summed E-state index contributed by atoms with van der Waals surface area (Å²) in [4.78, 5) is 26.0. The summed E-state index contributed by atoms with van der Waals surface area (Å²) in [6.45, 7) is 3.27. The van der Waals surface area contributed by atoms with E-state index in [1.54, 1.807) is 6.20 Å². The van der Waals surface area contributed by atoms with E-state index in [4.69, 9.17) is 5.73 Å². The fourth-order valence-corrected chi connectivity index (χ4v) is 4.26. The van der Waals surface area contributed by atoms with E-state index in [-0.39, 0.29) is 29.3 Å². The van der Waals surface area contributed by atoms with Crippen molar-refractivity contribution < 1.29 is 9.59 Å². The van der Waals surface area contributed by atoms with Crippen molar-refractivity contribution in [2.24, 2.45) is 11.7 Å². The predicted molar refractivity (Wildman–Crippen MR) is 111 cm³/mol. The summed E-state index contributed by atoms with van der Waals surface area (Å²) in [6, 6.07) is 8.41. The Morgan fingerprint density at radius 1 is 1.28 bits per heavy atom. The van der Waals surface area contributed by atoms with Crippen LogP contribution in [0.1, 0.15) is 61.8 Å². The number of amides is 2. The molecule has 6 nitrogen and oxygen atoms in total. The Balaban J connectivity index is 1.66. The number of piperidine rings is 1. The van der Waals surface area contributed by atoms with Crippen LogP contribution in [0.4, 0.5) is 0 Å². The molecule has 1 atom stereocenters. The number of fused-ring (bicyclic) bond motifs is 1. The van der Waals surface area contributed by atoms with Crippen LogP contribution in [0.15, 0.2) is 30.0 Å². The minimum atomic E-state index is -0.353. The van der Waals surface area contributed by atoms with Crippen LogP contribution in [0.2, 0.25) is 0 Å². The fraction of sp³-hybridized carbons (Fsp3) is 0.522. The van der Waals surface area contributed by atoms with Gasteiger partial charge in [-0.25, -0.2) is 0 Å². The van der Waals surface area contributed by atoms with Crippen LogP contribution in [-0.4, -0.2) is 29.8 Å². The molecule has 2 amide bonds. The number of nitrogens with zero attached hydrogens (tertiary/aromatic N) is 2. The summed E-state index contributed by atoms with van der Waals surface area (Å²) in [6.07, 6.45) is 8.36. The third-order valence-electron chi connectivity index (χ3n) is 6.10. The van der Waals surface area contributed by atoms with Crippen molar-refractivity contribution >= 4 is 11.8 Å². The number of hydrogen-bond donors (Lipinski definition) is 2. The maximum absolute atomic E-state index is 12.7. The van der Waals surface area contributed by atoms with Crippen LogP contribution in [0.5, 0.6) is 0 Å². The molecule has 1 aromatic carbocycles. The fourth-order valence-electron chi connectivity index (χ4n) is 4.26. The van der Waals surface area contributed by atoms with E-state index < -0.39 is 0 Å². The van der Waals surface area contributed by atoms with Gasteiger partial charge in [0.1, 0.15) is 11.6 Å². The second-order valence-corrected chi connectivity index (χ2v) is 8.04. The summed E-state index contributed by atoms with van der Waals surface area (Å²) >= 11 is 0. The highest BCUT2D eigenvalue weighted by Crippen LogP contribution is 2.26. The molecule has 0 saturated carbocycles. The molecule has 1 aliphatic carbocycles. The maximum Gasteiger partial charge on any atom is 0.263 e. The molecule has 1 aromatic rings. The highest BCUT2D eigenvalue weighted by atomic mass is 16.2. The van der Waals surface area contributed by atoms with Crippen molar-refractivity contribution in [2.75, 3.05) is 13.1 Å². The van der Waals surface area contributed by atoms with E-state index in [2.05, 4.69) is 23.5 Å². The number of carbonyl (C=O) groups excluding carboxylic acids is 2. The lowest BCUT2D eigenvalue weighted by atomic mass is 9.88. The van der Waals surface area contributed by atoms with Gasteiger partial charge >= 0.3 is 0 Å². The Labute approximate surface area is 172 Å². The highest BCUT2D eigenvalue weighted by Gasteiger charge is 2.23. The van der Waals surface area contributed by atoms with Gasteiger partial charge in [-0.1, -0.05) is 25.1 Å². The summed E-state index contributed by atoms with van der Waals surface area (Å²) in [7, 11) is 0. The number of aryl methyl sites for hydroxylation is 2. The molecule has 0 aromatic heterocycles. The Morgan fingerprint density at radius 3 is 2.59 bits per heavy atom. The summed E-state index contributed by atoms with van der Waals surface area (Å²) in [5, 5.41) is 12.5. The lowest BCUT2D eigenvalue weighted by Gasteiger charge is -2.29. The summed E-state index contributed by atoms with van der Waals surface area (Å²) < 4.78 is 0. The third-order valence-corrected chi connectivity index (χ3v) is 6.10. The van der Waals surface area contributed by atoms with Crippen molar-refractivity contribution in [3.63, 3.8) is 0 Å². The monoisotopic (exact) mass is 394 g/mol. The standard InChI is InChI=1S/C23H30N4O2/c1-2-21(19-8-7-16-5-3-4-6-18(16)13-19)26-23(29)20(14-24)15-27-11-9-17(10-12-27)22(25)28/h7-8,13,15,17,21H,2-6,9-12H2,1H3,(H2,25,28)(H,26,29)/b20-15-. The van der Waals surface area contributed by atoms with Gasteiger partial charge in [-0.2, -0.15) is 5.26 Å². The largest absolute Gasteiger partial charge is 0.376 e. The maximum atomic E-state index is 12.7. The quantitative estimate of drug-likeness (QED) is 0.572. The Hall–Kier alpha value is -2.81. The van der Waals surface area contributed by atoms with Crippen molar-refractivity contribution in [3.05, 3.63) is 46.7 Å². The van der Waals surface area contributed by atoms with Crippen molar-refractivity contribution in [2.45, 2.75) is 57.9 Å². The zero-order chi connectivity index (χ0) is 20.8. The lowest BCUT2D eigenvalue weighted by Crippen LogP contribution is -2.37. The van der Waals surface area contributed by atoms with E-state index >= 15 is 0 Å². The van der Waals surface area contributed by atoms with Gasteiger partial charge in [0.05, 0.1) is 6.04 Å². The Kier molecular flexibility index (Phi) is 6.92. The third kappa shape index (κ3) is 5.17. The molecule has 154 valence electrons. The minimum Gasteiger partial charge on any atom is -0.376 e. The van der Waals surface area contributed by atoms with E-state index in [0.29, 0.717) is 25.9 Å². The normalized spacial score (nSPS) is 18.5. The SMILES string of the molecule is CCC(NC(=O)/C(C#N)=C\N1CCC(C(N)=O)CC1)c1ccc2c(c1)CCCC2. The van der Waals surface area contributed by atoms with Crippen molar-refractivity contribution in [3.8, 4) is 6.07 Å². The minimum absolute atomic E-state index is 0.0962. The average Bonchev–Trinajstić information content (AvgIpc) is 2.75. The molecule has 1 heterocycles. The molecule has 1 fully saturated rings. The zero-order valence-electron chi connectivity index (χ0n) is 17.1. The molecule has 0 spiro atoms. The zero-order valence-corrected chi connectivity index (χ0v) is 17.1. The molecule has 3 N–H and O–H groups in total. The first-order chi connectivity index (χ1) is 14.0. The molecule has 2 aliphatic rings. The molecule has 1 saturated heterocycles. The number of likely N-dealkylation sites (tertiary alicyclic amines) is 1. The second-order valence-electron chi connectivity index (χ2n) is 8.04. The Morgan fingerprint density at radius 2 is 1.97 bits per heavy atom. The molecule has 29 heavy (non-hydrogen) atoms. The molecule has 1 unspecified atom stereocenters. The smallest absolute Gasteiger partial charge is 0.263 e. The van der Waals surface area contributed by atoms with E-state index in [0.717, 1.165) is 24.8 Å². The van der Waals surface area contributed by atoms with Crippen LogP contribution >= 0.6 is 0 Å². The molecule has 6 heteroatoms. The predicted octanol–water partition coefficient (Wildman–Crippen LogP) is 2.74. The molecular formula is C23H30N4O2.